The number of halogens is 1. The molecule has 8 heteroatoms. The standard InChI is InChI=1S/C12H12BrN3O3S/c1-14-10(17)5-16-9-4-7(13)2-3-8(9)15-12(16)20-6-11(18)19/h2-4H,5-6H2,1H3,(H,14,17)(H,18,19). The number of hydrogen-bond donors (Lipinski definition) is 2. The molecule has 0 atom stereocenters. The summed E-state index contributed by atoms with van der Waals surface area (Å²) in [7, 11) is 1.56. The van der Waals surface area contributed by atoms with E-state index in [0.29, 0.717) is 5.16 Å². The third-order valence-electron chi connectivity index (χ3n) is 2.58. The number of benzene rings is 1. The monoisotopic (exact) mass is 357 g/mol. The zero-order chi connectivity index (χ0) is 14.7. The minimum absolute atomic E-state index is 0.0990. The summed E-state index contributed by atoms with van der Waals surface area (Å²) in [5, 5.41) is 11.8. The topological polar surface area (TPSA) is 84.2 Å². The fraction of sp³-hybridized carbons (Fsp3) is 0.250. The number of thioether (sulfide) groups is 1. The smallest absolute Gasteiger partial charge is 0.313 e. The largest absolute Gasteiger partial charge is 0.481 e. The van der Waals surface area contributed by atoms with Crippen LogP contribution in [-0.2, 0) is 16.1 Å². The molecule has 20 heavy (non-hydrogen) atoms. The highest BCUT2D eigenvalue weighted by Gasteiger charge is 2.15. The molecular weight excluding hydrogens is 346 g/mol. The van der Waals surface area contributed by atoms with Crippen LogP contribution in [0.15, 0.2) is 27.8 Å². The van der Waals surface area contributed by atoms with Gasteiger partial charge in [-0.1, -0.05) is 27.7 Å². The van der Waals surface area contributed by atoms with Crippen molar-refractivity contribution in [2.75, 3.05) is 12.8 Å². The van der Waals surface area contributed by atoms with Crippen molar-refractivity contribution in [2.45, 2.75) is 11.7 Å². The average Bonchev–Trinajstić information content (AvgIpc) is 2.74. The summed E-state index contributed by atoms with van der Waals surface area (Å²) in [6.45, 7) is 0.103. The Bertz CT molecular complexity index is 671. The number of carbonyl (C=O) groups is 2. The number of nitrogens with one attached hydrogen (secondary N) is 1. The predicted octanol–water partition coefficient (Wildman–Crippen LogP) is 1.72. The maximum absolute atomic E-state index is 11.6. The number of amides is 1. The molecule has 1 heterocycles. The van der Waals surface area contributed by atoms with E-state index in [2.05, 4.69) is 26.2 Å². The first kappa shape index (κ1) is 14.9. The maximum atomic E-state index is 11.6. The molecule has 2 aromatic rings. The molecule has 0 unspecified atom stereocenters. The summed E-state index contributed by atoms with van der Waals surface area (Å²) in [5.41, 5.74) is 1.51. The van der Waals surface area contributed by atoms with E-state index in [-0.39, 0.29) is 18.2 Å². The first-order valence-corrected chi connectivity index (χ1v) is 7.50. The number of carbonyl (C=O) groups excluding carboxylic acids is 1. The Kier molecular flexibility index (Phi) is 4.66. The fourth-order valence-corrected chi connectivity index (χ4v) is 2.77. The first-order valence-electron chi connectivity index (χ1n) is 5.72. The minimum atomic E-state index is -0.922. The van der Waals surface area contributed by atoms with Crippen LogP contribution in [0.5, 0.6) is 0 Å². The number of carboxylic acids is 1. The Morgan fingerprint density at radius 3 is 2.90 bits per heavy atom. The summed E-state index contributed by atoms with van der Waals surface area (Å²) in [4.78, 5) is 26.7. The van der Waals surface area contributed by atoms with Gasteiger partial charge in [0, 0.05) is 11.5 Å². The van der Waals surface area contributed by atoms with E-state index >= 15 is 0 Å². The van der Waals surface area contributed by atoms with Crippen LogP contribution in [-0.4, -0.2) is 39.3 Å². The summed E-state index contributed by atoms with van der Waals surface area (Å²) in [6.07, 6.45) is 0. The lowest BCUT2D eigenvalue weighted by molar-refractivity contribution is -0.133. The highest BCUT2D eigenvalue weighted by Crippen LogP contribution is 2.26. The van der Waals surface area contributed by atoms with Crippen LogP contribution in [0.4, 0.5) is 0 Å². The summed E-state index contributed by atoms with van der Waals surface area (Å²) < 4.78 is 2.59. The molecule has 2 rings (SSSR count). The number of likely N-dealkylation sites (N-methyl/N-ethyl adjacent to an activating group) is 1. The second-order valence-electron chi connectivity index (χ2n) is 3.97. The van der Waals surface area contributed by atoms with Crippen molar-refractivity contribution in [3.05, 3.63) is 22.7 Å². The Hall–Kier alpha value is -1.54. The molecule has 6 nitrogen and oxygen atoms in total. The van der Waals surface area contributed by atoms with Crippen LogP contribution in [0.2, 0.25) is 0 Å². The van der Waals surface area contributed by atoms with Gasteiger partial charge in [0.15, 0.2) is 5.16 Å². The Morgan fingerprint density at radius 1 is 1.50 bits per heavy atom. The number of nitrogens with zero attached hydrogens (tertiary/aromatic N) is 2. The van der Waals surface area contributed by atoms with Gasteiger partial charge in [-0.2, -0.15) is 0 Å². The van der Waals surface area contributed by atoms with Crippen molar-refractivity contribution in [3.63, 3.8) is 0 Å². The van der Waals surface area contributed by atoms with Gasteiger partial charge in [0.1, 0.15) is 6.54 Å². The Morgan fingerprint density at radius 2 is 2.25 bits per heavy atom. The highest BCUT2D eigenvalue weighted by atomic mass is 79.9. The van der Waals surface area contributed by atoms with Crippen LogP contribution in [0.1, 0.15) is 0 Å². The Balaban J connectivity index is 2.45. The zero-order valence-electron chi connectivity index (χ0n) is 10.6. The van der Waals surface area contributed by atoms with Gasteiger partial charge in [-0.05, 0) is 18.2 Å². The van der Waals surface area contributed by atoms with Crippen molar-refractivity contribution >= 4 is 50.6 Å². The van der Waals surface area contributed by atoms with Gasteiger partial charge >= 0.3 is 5.97 Å². The van der Waals surface area contributed by atoms with Crippen LogP contribution in [0.25, 0.3) is 11.0 Å². The molecule has 1 aromatic carbocycles. The lowest BCUT2D eigenvalue weighted by Gasteiger charge is -2.07. The molecular formula is C12H12BrN3O3S. The van der Waals surface area contributed by atoms with E-state index in [1.54, 1.807) is 11.6 Å². The van der Waals surface area contributed by atoms with Gasteiger partial charge in [0.2, 0.25) is 5.91 Å². The molecule has 0 radical (unpaired) electrons. The zero-order valence-corrected chi connectivity index (χ0v) is 13.0. The normalized spacial score (nSPS) is 10.7. The molecule has 1 aromatic heterocycles. The van der Waals surface area contributed by atoms with E-state index in [4.69, 9.17) is 5.11 Å². The number of hydrogen-bond acceptors (Lipinski definition) is 4. The first-order chi connectivity index (χ1) is 9.51. The lowest BCUT2D eigenvalue weighted by atomic mass is 10.3. The molecule has 0 saturated heterocycles. The van der Waals surface area contributed by atoms with Crippen molar-refractivity contribution in [3.8, 4) is 0 Å². The summed E-state index contributed by atoms with van der Waals surface area (Å²) >= 11 is 4.47. The van der Waals surface area contributed by atoms with Crippen molar-refractivity contribution in [1.82, 2.24) is 14.9 Å². The molecule has 0 aliphatic heterocycles. The van der Waals surface area contributed by atoms with Gasteiger partial charge in [-0.3, -0.25) is 9.59 Å². The van der Waals surface area contributed by atoms with Gasteiger partial charge in [0.25, 0.3) is 0 Å². The summed E-state index contributed by atoms with van der Waals surface area (Å²) in [5.74, 6) is -1.19. The van der Waals surface area contributed by atoms with E-state index in [1.165, 1.54) is 0 Å². The molecule has 0 aliphatic carbocycles. The minimum Gasteiger partial charge on any atom is -0.481 e. The van der Waals surface area contributed by atoms with E-state index in [0.717, 1.165) is 27.3 Å². The number of imidazole rings is 1. The SMILES string of the molecule is CNC(=O)Cn1c(SCC(=O)O)nc2ccc(Br)cc21. The van der Waals surface area contributed by atoms with Crippen molar-refractivity contribution < 1.29 is 14.7 Å². The number of fused-ring (bicyclic) bond motifs is 1. The number of aliphatic carboxylic acids is 1. The van der Waals surface area contributed by atoms with Crippen LogP contribution >= 0.6 is 27.7 Å². The molecule has 0 fully saturated rings. The van der Waals surface area contributed by atoms with Crippen LogP contribution in [0, 0.1) is 0 Å². The molecule has 0 saturated carbocycles. The molecule has 0 spiro atoms. The van der Waals surface area contributed by atoms with Crippen LogP contribution < -0.4 is 5.32 Å². The van der Waals surface area contributed by atoms with Crippen molar-refractivity contribution in [2.24, 2.45) is 0 Å². The quantitative estimate of drug-likeness (QED) is 0.796. The molecule has 2 N–H and O–H groups in total. The van der Waals surface area contributed by atoms with Gasteiger partial charge in [-0.25, -0.2) is 4.98 Å². The molecule has 0 aliphatic rings. The van der Waals surface area contributed by atoms with Gasteiger partial charge in [0.05, 0.1) is 16.8 Å². The molecule has 1 amide bonds. The van der Waals surface area contributed by atoms with Crippen molar-refractivity contribution in [1.29, 1.82) is 0 Å². The predicted molar refractivity (Wildman–Crippen MR) is 79.9 cm³/mol. The Labute approximate surface area is 127 Å². The number of rotatable bonds is 5. The number of aromatic nitrogens is 2. The number of carboxylic acid groups (broad SMARTS) is 1. The average molecular weight is 358 g/mol. The van der Waals surface area contributed by atoms with Gasteiger partial charge in [-0.15, -0.1) is 0 Å². The third-order valence-corrected chi connectivity index (χ3v) is 4.03. The van der Waals surface area contributed by atoms with Crippen LogP contribution in [0.3, 0.4) is 0 Å². The van der Waals surface area contributed by atoms with Gasteiger partial charge < -0.3 is 15.0 Å². The van der Waals surface area contributed by atoms with E-state index in [1.807, 2.05) is 18.2 Å². The third kappa shape index (κ3) is 3.31. The lowest BCUT2D eigenvalue weighted by Crippen LogP contribution is -2.23. The summed E-state index contributed by atoms with van der Waals surface area (Å²) in [6, 6.07) is 5.53. The second kappa shape index (κ2) is 6.27. The second-order valence-corrected chi connectivity index (χ2v) is 5.83. The van der Waals surface area contributed by atoms with E-state index in [9.17, 15) is 9.59 Å². The highest BCUT2D eigenvalue weighted by molar-refractivity contribution is 9.10. The molecule has 0 bridgehead atoms. The molecule has 106 valence electrons. The van der Waals surface area contributed by atoms with E-state index < -0.39 is 5.97 Å². The fourth-order valence-electron chi connectivity index (χ4n) is 1.69. The maximum Gasteiger partial charge on any atom is 0.313 e.